The molecule has 2 aromatic heterocycles. The first-order valence-electron chi connectivity index (χ1n) is 6.63. The number of rotatable bonds is 3. The number of fused-ring (bicyclic) bond motifs is 1. The van der Waals surface area contributed by atoms with Crippen LogP contribution < -0.4 is 11.1 Å². The largest absolute Gasteiger partial charge is 0.326 e. The van der Waals surface area contributed by atoms with Gasteiger partial charge in [-0.3, -0.25) is 4.40 Å². The fourth-order valence-electron chi connectivity index (χ4n) is 2.56. The van der Waals surface area contributed by atoms with Crippen molar-refractivity contribution in [1.29, 1.82) is 0 Å². The molecule has 0 aromatic carbocycles. The van der Waals surface area contributed by atoms with Crippen molar-refractivity contribution in [2.75, 3.05) is 6.54 Å². The first kappa shape index (κ1) is 11.6. The van der Waals surface area contributed by atoms with Crippen molar-refractivity contribution in [1.82, 2.24) is 19.9 Å². The number of piperidine rings is 1. The summed E-state index contributed by atoms with van der Waals surface area (Å²) in [6.45, 7) is 1.67. The topological polar surface area (TPSA) is 68.2 Å². The Bertz CT molecular complexity index is 527. The Morgan fingerprint density at radius 1 is 1.33 bits per heavy atom. The van der Waals surface area contributed by atoms with E-state index in [1.807, 2.05) is 18.3 Å². The van der Waals surface area contributed by atoms with E-state index < -0.39 is 0 Å². The normalized spacial score (nSPS) is 20.4. The SMILES string of the molecule is NCc1ccc2nnc(CC3CCCCN3)n2c1. The number of nitrogens with two attached hydrogens (primary N) is 1. The van der Waals surface area contributed by atoms with E-state index in [1.54, 1.807) is 0 Å². The van der Waals surface area contributed by atoms with Gasteiger partial charge in [0.1, 0.15) is 5.82 Å². The van der Waals surface area contributed by atoms with Gasteiger partial charge in [-0.1, -0.05) is 12.5 Å². The first-order valence-corrected chi connectivity index (χ1v) is 6.63. The summed E-state index contributed by atoms with van der Waals surface area (Å²) in [6.07, 6.45) is 6.81. The maximum Gasteiger partial charge on any atom is 0.160 e. The third-order valence-electron chi connectivity index (χ3n) is 3.61. The minimum Gasteiger partial charge on any atom is -0.326 e. The lowest BCUT2D eigenvalue weighted by Crippen LogP contribution is -2.36. The van der Waals surface area contributed by atoms with Gasteiger partial charge in [-0.15, -0.1) is 10.2 Å². The Labute approximate surface area is 106 Å². The van der Waals surface area contributed by atoms with Crippen molar-refractivity contribution < 1.29 is 0 Å². The van der Waals surface area contributed by atoms with Crippen molar-refractivity contribution in [2.24, 2.45) is 5.73 Å². The maximum absolute atomic E-state index is 5.68. The molecule has 0 aliphatic carbocycles. The summed E-state index contributed by atoms with van der Waals surface area (Å²) >= 11 is 0. The molecule has 1 atom stereocenters. The summed E-state index contributed by atoms with van der Waals surface area (Å²) in [7, 11) is 0. The van der Waals surface area contributed by atoms with Crippen LogP contribution in [0.3, 0.4) is 0 Å². The number of hydrogen-bond donors (Lipinski definition) is 2. The molecule has 3 heterocycles. The van der Waals surface area contributed by atoms with Gasteiger partial charge in [0.15, 0.2) is 5.65 Å². The molecule has 5 heteroatoms. The van der Waals surface area contributed by atoms with E-state index in [4.69, 9.17) is 5.73 Å². The van der Waals surface area contributed by atoms with Crippen LogP contribution in [-0.4, -0.2) is 27.2 Å². The van der Waals surface area contributed by atoms with Gasteiger partial charge in [0, 0.05) is 25.2 Å². The van der Waals surface area contributed by atoms with Gasteiger partial charge in [0.25, 0.3) is 0 Å². The Balaban J connectivity index is 1.86. The monoisotopic (exact) mass is 245 g/mol. The molecule has 1 saturated heterocycles. The van der Waals surface area contributed by atoms with E-state index in [-0.39, 0.29) is 0 Å². The summed E-state index contributed by atoms with van der Waals surface area (Å²) < 4.78 is 2.07. The van der Waals surface area contributed by atoms with Crippen LogP contribution in [0.2, 0.25) is 0 Å². The lowest BCUT2D eigenvalue weighted by Gasteiger charge is -2.22. The van der Waals surface area contributed by atoms with Gasteiger partial charge in [-0.25, -0.2) is 0 Å². The smallest absolute Gasteiger partial charge is 0.160 e. The second-order valence-electron chi connectivity index (χ2n) is 4.94. The highest BCUT2D eigenvalue weighted by atomic mass is 15.2. The molecule has 0 amide bonds. The lowest BCUT2D eigenvalue weighted by molar-refractivity contribution is 0.393. The molecule has 18 heavy (non-hydrogen) atoms. The van der Waals surface area contributed by atoms with E-state index in [1.165, 1.54) is 19.3 Å². The van der Waals surface area contributed by atoms with Crippen molar-refractivity contribution >= 4 is 5.65 Å². The van der Waals surface area contributed by atoms with Crippen molar-refractivity contribution in [3.63, 3.8) is 0 Å². The van der Waals surface area contributed by atoms with Gasteiger partial charge in [0.05, 0.1) is 0 Å². The molecule has 0 saturated carbocycles. The molecule has 96 valence electrons. The molecule has 3 N–H and O–H groups in total. The van der Waals surface area contributed by atoms with Crippen LogP contribution in [-0.2, 0) is 13.0 Å². The predicted molar refractivity (Wildman–Crippen MR) is 70.2 cm³/mol. The molecule has 3 rings (SSSR count). The zero-order valence-electron chi connectivity index (χ0n) is 10.5. The van der Waals surface area contributed by atoms with Gasteiger partial charge in [-0.2, -0.15) is 0 Å². The standard InChI is InChI=1S/C13H19N5/c14-8-10-4-5-12-16-17-13(18(12)9-10)7-11-3-1-2-6-15-11/h4-5,9,11,15H,1-3,6-8,14H2. The van der Waals surface area contributed by atoms with Crippen molar-refractivity contribution in [3.8, 4) is 0 Å². The lowest BCUT2D eigenvalue weighted by atomic mass is 10.0. The highest BCUT2D eigenvalue weighted by molar-refractivity contribution is 5.39. The fourth-order valence-corrected chi connectivity index (χ4v) is 2.56. The third-order valence-corrected chi connectivity index (χ3v) is 3.61. The molecule has 2 aromatic rings. The van der Waals surface area contributed by atoms with Gasteiger partial charge in [0.2, 0.25) is 0 Å². The molecule has 1 aliphatic heterocycles. The van der Waals surface area contributed by atoms with E-state index in [0.29, 0.717) is 12.6 Å². The number of aromatic nitrogens is 3. The number of nitrogens with one attached hydrogen (secondary N) is 1. The zero-order valence-corrected chi connectivity index (χ0v) is 10.5. The second kappa shape index (κ2) is 5.04. The van der Waals surface area contributed by atoms with Crippen LogP contribution in [0.4, 0.5) is 0 Å². The van der Waals surface area contributed by atoms with E-state index >= 15 is 0 Å². The van der Waals surface area contributed by atoms with E-state index in [2.05, 4.69) is 19.9 Å². The minimum atomic E-state index is 0.535. The number of pyridine rings is 1. The molecule has 0 radical (unpaired) electrons. The molecular weight excluding hydrogens is 226 g/mol. The zero-order chi connectivity index (χ0) is 12.4. The summed E-state index contributed by atoms with van der Waals surface area (Å²) in [6, 6.07) is 4.52. The van der Waals surface area contributed by atoms with Crippen molar-refractivity contribution in [2.45, 2.75) is 38.3 Å². The van der Waals surface area contributed by atoms with Gasteiger partial charge in [-0.05, 0) is 31.0 Å². The molecular formula is C13H19N5. The Hall–Kier alpha value is -1.46. The minimum absolute atomic E-state index is 0.535. The number of hydrogen-bond acceptors (Lipinski definition) is 4. The Kier molecular flexibility index (Phi) is 3.25. The average molecular weight is 245 g/mol. The molecule has 1 fully saturated rings. The third kappa shape index (κ3) is 2.23. The van der Waals surface area contributed by atoms with Crippen molar-refractivity contribution in [3.05, 3.63) is 29.7 Å². The summed E-state index contributed by atoms with van der Waals surface area (Å²) in [5.74, 6) is 1.03. The summed E-state index contributed by atoms with van der Waals surface area (Å²) in [5, 5.41) is 12.0. The Morgan fingerprint density at radius 3 is 3.06 bits per heavy atom. The quantitative estimate of drug-likeness (QED) is 0.842. The van der Waals surface area contributed by atoms with Crippen LogP contribution in [0.5, 0.6) is 0 Å². The fraction of sp³-hybridized carbons (Fsp3) is 0.538. The molecule has 5 nitrogen and oxygen atoms in total. The van der Waals surface area contributed by atoms with Crippen LogP contribution in [0, 0.1) is 0 Å². The highest BCUT2D eigenvalue weighted by Gasteiger charge is 2.16. The summed E-state index contributed by atoms with van der Waals surface area (Å²) in [4.78, 5) is 0. The molecule has 0 spiro atoms. The molecule has 1 unspecified atom stereocenters. The average Bonchev–Trinajstić information content (AvgIpc) is 2.82. The first-order chi connectivity index (χ1) is 8.86. The highest BCUT2D eigenvalue weighted by Crippen LogP contribution is 2.13. The maximum atomic E-state index is 5.68. The van der Waals surface area contributed by atoms with E-state index in [0.717, 1.165) is 30.0 Å². The van der Waals surface area contributed by atoms with Gasteiger partial charge < -0.3 is 11.1 Å². The second-order valence-corrected chi connectivity index (χ2v) is 4.94. The molecule has 0 bridgehead atoms. The predicted octanol–water partition coefficient (Wildman–Crippen LogP) is 0.873. The van der Waals surface area contributed by atoms with E-state index in [9.17, 15) is 0 Å². The Morgan fingerprint density at radius 2 is 2.28 bits per heavy atom. The number of nitrogens with zero attached hydrogens (tertiary/aromatic N) is 3. The molecule has 1 aliphatic rings. The van der Waals surface area contributed by atoms with Crippen LogP contribution >= 0.6 is 0 Å². The summed E-state index contributed by atoms with van der Waals surface area (Å²) in [5.41, 5.74) is 7.69. The van der Waals surface area contributed by atoms with Crippen LogP contribution in [0.1, 0.15) is 30.7 Å². The van der Waals surface area contributed by atoms with Crippen LogP contribution in [0.25, 0.3) is 5.65 Å². The van der Waals surface area contributed by atoms with Gasteiger partial charge >= 0.3 is 0 Å². The van der Waals surface area contributed by atoms with Crippen LogP contribution in [0.15, 0.2) is 18.3 Å².